The molecule has 1 fully saturated rings. The van der Waals surface area contributed by atoms with Gasteiger partial charge in [-0.05, 0) is 77.4 Å². The monoisotopic (exact) mass is 568 g/mol. The van der Waals surface area contributed by atoms with E-state index >= 15 is 0 Å². The van der Waals surface area contributed by atoms with Crippen molar-refractivity contribution in [2.24, 2.45) is 0 Å². The number of amides is 2. The van der Waals surface area contributed by atoms with Crippen LogP contribution in [-0.4, -0.2) is 34.4 Å². The molecule has 0 aromatic heterocycles. The molecule has 1 aliphatic heterocycles. The minimum Gasteiger partial charge on any atom is -0.490 e. The van der Waals surface area contributed by atoms with E-state index in [4.69, 9.17) is 33.3 Å². The van der Waals surface area contributed by atoms with Gasteiger partial charge in [0.25, 0.3) is 11.8 Å². The van der Waals surface area contributed by atoms with Crippen LogP contribution in [0.5, 0.6) is 11.5 Å². The van der Waals surface area contributed by atoms with Crippen molar-refractivity contribution in [3.8, 4) is 11.5 Å². The van der Waals surface area contributed by atoms with Crippen molar-refractivity contribution >= 4 is 73.7 Å². The average Bonchev–Trinajstić information content (AvgIpc) is 3.03. The van der Waals surface area contributed by atoms with Crippen LogP contribution in [0.1, 0.15) is 42.6 Å². The van der Waals surface area contributed by atoms with Crippen molar-refractivity contribution in [2.45, 2.75) is 26.7 Å². The maximum atomic E-state index is 12.9. The lowest BCUT2D eigenvalue weighted by Crippen LogP contribution is -2.44. The maximum Gasteiger partial charge on any atom is 0.285 e. The van der Waals surface area contributed by atoms with E-state index < -0.39 is 11.8 Å². The molecule has 6 nitrogen and oxygen atoms in total. The molecule has 2 amide bonds. The highest BCUT2D eigenvalue weighted by atomic mass is 79.9. The van der Waals surface area contributed by atoms with Gasteiger partial charge in [-0.1, -0.05) is 48.8 Å². The number of ether oxygens (including phenoxy) is 2. The second kappa shape index (κ2) is 11.9. The number of benzene rings is 2. The zero-order valence-corrected chi connectivity index (χ0v) is 22.0. The molecule has 1 saturated heterocycles. The van der Waals surface area contributed by atoms with Gasteiger partial charge in [-0.25, -0.2) is 0 Å². The van der Waals surface area contributed by atoms with Gasteiger partial charge < -0.3 is 9.47 Å². The highest BCUT2D eigenvalue weighted by Gasteiger charge is 2.34. The zero-order valence-electron chi connectivity index (χ0n) is 18.0. The fourth-order valence-corrected chi connectivity index (χ4v) is 4.89. The number of unbranched alkanes of at least 4 members (excludes halogenated alkanes) is 1. The summed E-state index contributed by atoms with van der Waals surface area (Å²) in [6, 6.07) is 10.2. The Balaban J connectivity index is 1.82. The summed E-state index contributed by atoms with van der Waals surface area (Å²) in [4.78, 5) is 25.9. The Bertz CT molecular complexity index is 1110. The highest BCUT2D eigenvalue weighted by Crippen LogP contribution is 2.39. The third kappa shape index (κ3) is 6.29. The van der Waals surface area contributed by atoms with Gasteiger partial charge in [-0.3, -0.25) is 15.0 Å². The lowest BCUT2D eigenvalue weighted by Gasteiger charge is -2.16. The summed E-state index contributed by atoms with van der Waals surface area (Å²) in [7, 11) is 0. The first-order chi connectivity index (χ1) is 15.8. The summed E-state index contributed by atoms with van der Waals surface area (Å²) in [5.41, 5.74) is 3.51. The van der Waals surface area contributed by atoms with Gasteiger partial charge in [0.1, 0.15) is 0 Å². The number of carbonyl (C=O) groups excluding carboxylic acids is 2. The van der Waals surface area contributed by atoms with Crippen LogP contribution in [0.2, 0.25) is 5.02 Å². The molecule has 2 aromatic carbocycles. The molecule has 174 valence electrons. The first-order valence-corrected chi connectivity index (χ1v) is 12.7. The molecule has 3 rings (SSSR count). The molecule has 1 N–H and O–H groups in total. The van der Waals surface area contributed by atoms with Crippen molar-refractivity contribution in [3.63, 3.8) is 0 Å². The number of nitrogens with one attached hydrogen (secondary N) is 1. The third-order valence-electron chi connectivity index (χ3n) is 4.50. The summed E-state index contributed by atoms with van der Waals surface area (Å²) in [5.74, 6) is 0.259. The predicted octanol–water partition coefficient (Wildman–Crippen LogP) is 6.23. The van der Waals surface area contributed by atoms with E-state index in [2.05, 4.69) is 28.3 Å². The Morgan fingerprint density at radius 2 is 2.03 bits per heavy atom. The van der Waals surface area contributed by atoms with Crippen LogP contribution in [-0.2, 0) is 4.79 Å². The Morgan fingerprint density at radius 3 is 2.73 bits per heavy atom. The molecule has 0 spiro atoms. The van der Waals surface area contributed by atoms with Crippen molar-refractivity contribution in [3.05, 3.63) is 61.9 Å². The summed E-state index contributed by atoms with van der Waals surface area (Å²) < 4.78 is 12.6. The number of halogens is 2. The van der Waals surface area contributed by atoms with E-state index in [9.17, 15) is 9.59 Å². The minimum atomic E-state index is -0.520. The van der Waals surface area contributed by atoms with Crippen molar-refractivity contribution < 1.29 is 19.1 Å². The molecule has 0 aliphatic carbocycles. The van der Waals surface area contributed by atoms with Gasteiger partial charge in [0.15, 0.2) is 15.8 Å². The van der Waals surface area contributed by atoms with Crippen LogP contribution >= 0.6 is 51.5 Å². The quantitative estimate of drug-likeness (QED) is 0.219. The Labute approximate surface area is 215 Å². The summed E-state index contributed by atoms with van der Waals surface area (Å²) in [6.45, 7) is 5.04. The number of hydrogen-bond acceptors (Lipinski definition) is 6. The summed E-state index contributed by atoms with van der Waals surface area (Å²) >= 11 is 16.0. The summed E-state index contributed by atoms with van der Waals surface area (Å²) in [6.07, 6.45) is 3.65. The van der Waals surface area contributed by atoms with E-state index in [-0.39, 0.29) is 14.9 Å². The van der Waals surface area contributed by atoms with Crippen LogP contribution in [0.15, 0.2) is 45.8 Å². The van der Waals surface area contributed by atoms with Crippen LogP contribution < -0.4 is 14.9 Å². The molecule has 1 heterocycles. The fourth-order valence-electron chi connectivity index (χ4n) is 2.92. The van der Waals surface area contributed by atoms with Crippen LogP contribution in [0.3, 0.4) is 0 Å². The number of carbonyl (C=O) groups is 2. The van der Waals surface area contributed by atoms with Crippen molar-refractivity contribution in [1.29, 1.82) is 0 Å². The van der Waals surface area contributed by atoms with Crippen LogP contribution in [0.25, 0.3) is 6.08 Å². The Morgan fingerprint density at radius 1 is 1.27 bits per heavy atom. The average molecular weight is 570 g/mol. The molecule has 10 heteroatoms. The lowest BCUT2D eigenvalue weighted by atomic mass is 10.2. The topological polar surface area (TPSA) is 67.9 Å². The highest BCUT2D eigenvalue weighted by molar-refractivity contribution is 9.10. The Kier molecular flexibility index (Phi) is 9.19. The minimum absolute atomic E-state index is 0.218. The normalized spacial score (nSPS) is 14.7. The first-order valence-electron chi connectivity index (χ1n) is 10.3. The fraction of sp³-hybridized carbons (Fsp3) is 0.261. The second-order valence-electron chi connectivity index (χ2n) is 6.90. The van der Waals surface area contributed by atoms with Crippen molar-refractivity contribution in [2.75, 3.05) is 13.2 Å². The van der Waals surface area contributed by atoms with Gasteiger partial charge >= 0.3 is 0 Å². The molecule has 1 aliphatic rings. The van der Waals surface area contributed by atoms with E-state index in [0.717, 1.165) is 39.6 Å². The number of hydrazine groups is 1. The largest absolute Gasteiger partial charge is 0.490 e. The summed E-state index contributed by atoms with van der Waals surface area (Å²) in [5, 5.41) is 1.34. The number of hydrogen-bond donors (Lipinski definition) is 1. The molecule has 33 heavy (non-hydrogen) atoms. The lowest BCUT2D eigenvalue weighted by molar-refractivity contribution is -0.123. The third-order valence-corrected chi connectivity index (χ3v) is 6.72. The molecule has 0 bridgehead atoms. The smallest absolute Gasteiger partial charge is 0.285 e. The van der Waals surface area contributed by atoms with Gasteiger partial charge in [-0.15, -0.1) is 0 Å². The van der Waals surface area contributed by atoms with Crippen LogP contribution in [0.4, 0.5) is 0 Å². The van der Waals surface area contributed by atoms with E-state index in [0.29, 0.717) is 29.6 Å². The number of thiocarbonyl (C=S) groups is 1. The zero-order chi connectivity index (χ0) is 24.0. The van der Waals surface area contributed by atoms with Crippen LogP contribution in [0, 0.1) is 0 Å². The first kappa shape index (κ1) is 25.6. The number of nitrogens with zero attached hydrogens (tertiary/aromatic N) is 1. The molecule has 0 saturated carbocycles. The molecule has 2 aromatic rings. The second-order valence-corrected chi connectivity index (χ2v) is 9.84. The van der Waals surface area contributed by atoms with Gasteiger partial charge in [0.05, 0.1) is 33.2 Å². The van der Waals surface area contributed by atoms with Gasteiger partial charge in [0.2, 0.25) is 0 Å². The van der Waals surface area contributed by atoms with Gasteiger partial charge in [0, 0.05) is 0 Å². The van der Waals surface area contributed by atoms with E-state index in [1.54, 1.807) is 30.3 Å². The predicted molar refractivity (Wildman–Crippen MR) is 140 cm³/mol. The standard InChI is InChI=1S/C23H22BrClN2O4S2/c1-3-5-10-31-20-16(24)11-14(12-18(20)30-4-2)13-19-22(29)27(23(32)33-19)26-21(28)15-8-6-7-9-17(15)25/h6-9,11-13H,3-5,10H2,1-2H3,(H,26,28)/b19-13-. The Hall–Kier alpha value is -2.07. The SMILES string of the molecule is CCCCOc1c(Br)cc(/C=C2\SC(=S)N(NC(=O)c3ccccc3Cl)C2=O)cc1OCC. The molecular formula is C23H22BrClN2O4S2. The molecular weight excluding hydrogens is 548 g/mol. The molecule has 0 atom stereocenters. The molecule has 0 radical (unpaired) electrons. The number of thioether (sulfide) groups is 1. The van der Waals surface area contributed by atoms with Crippen molar-refractivity contribution in [1.82, 2.24) is 10.4 Å². The van der Waals surface area contributed by atoms with Gasteiger partial charge in [-0.2, -0.15) is 5.01 Å². The number of rotatable bonds is 9. The van der Waals surface area contributed by atoms with E-state index in [1.165, 1.54) is 0 Å². The molecule has 0 unspecified atom stereocenters. The maximum absolute atomic E-state index is 12.9. The van der Waals surface area contributed by atoms with E-state index in [1.807, 2.05) is 19.1 Å².